The number of ketones is 2. The molecule has 0 unspecified atom stereocenters. The minimum absolute atomic E-state index is 0.148. The van der Waals surface area contributed by atoms with Crippen molar-refractivity contribution in [2.45, 2.75) is 45.4 Å². The van der Waals surface area contributed by atoms with Gasteiger partial charge in [0, 0.05) is 46.6 Å². The van der Waals surface area contributed by atoms with Gasteiger partial charge in [-0.3, -0.25) is 9.59 Å². The number of phenolic OH excluding ortho intramolecular Hbond substituents is 1. The minimum atomic E-state index is -0.834. The van der Waals surface area contributed by atoms with Crippen LogP contribution in [0.5, 0.6) is 46.0 Å². The summed E-state index contributed by atoms with van der Waals surface area (Å²) >= 11 is 0. The molecule has 3 atom stereocenters. The van der Waals surface area contributed by atoms with Gasteiger partial charge in [0.25, 0.3) is 0 Å². The van der Waals surface area contributed by atoms with Crippen LogP contribution in [0, 0.1) is 5.92 Å². The highest BCUT2D eigenvalue weighted by Crippen LogP contribution is 2.54. The highest BCUT2D eigenvalue weighted by Gasteiger charge is 2.44. The molecule has 0 aliphatic heterocycles. The number of methoxy groups -OCH3 is 7. The van der Waals surface area contributed by atoms with Crippen molar-refractivity contribution in [3.8, 4) is 46.0 Å². The van der Waals surface area contributed by atoms with E-state index in [1.165, 1.54) is 20.3 Å². The second kappa shape index (κ2) is 18.7. The van der Waals surface area contributed by atoms with E-state index in [0.29, 0.717) is 64.0 Å². The highest BCUT2D eigenvalue weighted by molar-refractivity contribution is 6.09. The fourth-order valence-electron chi connectivity index (χ4n) is 7.63. The topological polar surface area (TPSA) is 119 Å². The van der Waals surface area contributed by atoms with E-state index in [1.807, 2.05) is 45.1 Å². The van der Waals surface area contributed by atoms with Gasteiger partial charge in [-0.25, -0.2) is 0 Å². The smallest absolute Gasteiger partial charge is 0.189 e. The SMILES string of the molecule is COc1ccc(/C=C/C(=O)c2ccc(OC)c([C@H]3C=C(C)C[C@H](c4ccc(OC)cc4OC)[C@H]3C(=O)c3ccc(OC)c(CC=C(C)C)c3O)c2OC)c(OC)c1. The lowest BCUT2D eigenvalue weighted by Crippen LogP contribution is -2.32. The van der Waals surface area contributed by atoms with E-state index in [2.05, 4.69) is 0 Å². The van der Waals surface area contributed by atoms with Crippen LogP contribution in [0.15, 0.2) is 90.0 Å². The fraction of sp³-hybridized carbons (Fsp3) is 0.319. The quantitative estimate of drug-likeness (QED) is 0.0670. The van der Waals surface area contributed by atoms with Crippen LogP contribution in [-0.2, 0) is 6.42 Å². The molecular weight excluding hydrogens is 725 g/mol. The van der Waals surface area contributed by atoms with Crippen LogP contribution < -0.4 is 33.2 Å². The zero-order chi connectivity index (χ0) is 41.4. The van der Waals surface area contributed by atoms with Gasteiger partial charge in [-0.2, -0.15) is 0 Å². The van der Waals surface area contributed by atoms with Crippen molar-refractivity contribution in [1.82, 2.24) is 0 Å². The number of rotatable bonds is 16. The van der Waals surface area contributed by atoms with E-state index in [0.717, 1.165) is 16.7 Å². The molecule has 1 aliphatic rings. The lowest BCUT2D eigenvalue weighted by atomic mass is 9.65. The van der Waals surface area contributed by atoms with Gasteiger partial charge in [-0.15, -0.1) is 0 Å². The lowest BCUT2D eigenvalue weighted by molar-refractivity contribution is 0.0876. The Bertz CT molecular complexity index is 2210. The largest absolute Gasteiger partial charge is 0.507 e. The molecule has 0 radical (unpaired) electrons. The molecular formula is C47H52O10. The third kappa shape index (κ3) is 8.80. The Labute approximate surface area is 335 Å². The second-order valence-corrected chi connectivity index (χ2v) is 14.0. The molecule has 0 spiro atoms. The number of benzene rings is 4. The van der Waals surface area contributed by atoms with E-state index in [4.69, 9.17) is 33.2 Å². The molecule has 0 saturated carbocycles. The molecule has 0 fully saturated rings. The summed E-state index contributed by atoms with van der Waals surface area (Å²) in [6.07, 6.45) is 8.01. The summed E-state index contributed by atoms with van der Waals surface area (Å²) in [7, 11) is 10.9. The van der Waals surface area contributed by atoms with Gasteiger partial charge in [0.05, 0.1) is 60.9 Å². The number of Topliss-reactive ketones (excluding diaryl/α,β-unsaturated/α-hetero) is 1. The zero-order valence-electron chi connectivity index (χ0n) is 34.4. The van der Waals surface area contributed by atoms with Crippen LogP contribution in [0.1, 0.15) is 82.0 Å². The van der Waals surface area contributed by atoms with Crippen molar-refractivity contribution in [2.24, 2.45) is 5.92 Å². The standard InChI is InChI=1S/C47H52O10/c1-27(2)11-16-34-39(53-6)21-19-35(45(34)49)46(50)43-36(32-17-15-31(52-5)26-42(32)56-9)23-28(3)24-37(43)44-40(54-7)22-18-33(47(44)57-10)38(48)20-13-29-12-14-30(51-4)25-41(29)55-8/h11-15,17-22,24-26,36-37,43,49H,16,23H2,1-10H3/b20-13+/t36-,37+,43-/m1/s1. The second-order valence-electron chi connectivity index (χ2n) is 14.0. The molecule has 300 valence electrons. The third-order valence-electron chi connectivity index (χ3n) is 10.4. The van der Waals surface area contributed by atoms with Gasteiger partial charge in [0.1, 0.15) is 46.0 Å². The molecule has 0 heterocycles. The Morgan fingerprint density at radius 1 is 0.719 bits per heavy atom. The van der Waals surface area contributed by atoms with Crippen LogP contribution in [-0.4, -0.2) is 66.4 Å². The first-order chi connectivity index (χ1) is 27.4. The van der Waals surface area contributed by atoms with E-state index in [9.17, 15) is 9.90 Å². The fourth-order valence-corrected chi connectivity index (χ4v) is 7.63. The predicted molar refractivity (Wildman–Crippen MR) is 221 cm³/mol. The van der Waals surface area contributed by atoms with Crippen molar-refractivity contribution in [3.63, 3.8) is 0 Å². The Morgan fingerprint density at radius 2 is 1.33 bits per heavy atom. The number of carbonyl (C=O) groups is 2. The maximum absolute atomic E-state index is 15.4. The first kappa shape index (κ1) is 42.0. The molecule has 1 N–H and O–H groups in total. The van der Waals surface area contributed by atoms with E-state index in [-0.39, 0.29) is 34.2 Å². The average molecular weight is 777 g/mol. The number of carbonyl (C=O) groups excluding carboxylic acids is 2. The van der Waals surface area contributed by atoms with E-state index >= 15 is 4.79 Å². The summed E-state index contributed by atoms with van der Waals surface area (Å²) in [5.41, 5.74) is 4.97. The first-order valence-corrected chi connectivity index (χ1v) is 18.6. The Kier molecular flexibility index (Phi) is 13.7. The highest BCUT2D eigenvalue weighted by atomic mass is 16.5. The minimum Gasteiger partial charge on any atom is -0.507 e. The molecule has 0 aromatic heterocycles. The number of hydrogen-bond acceptors (Lipinski definition) is 10. The normalized spacial score (nSPS) is 16.3. The van der Waals surface area contributed by atoms with Crippen molar-refractivity contribution in [3.05, 3.63) is 123 Å². The first-order valence-electron chi connectivity index (χ1n) is 18.6. The van der Waals surface area contributed by atoms with Crippen molar-refractivity contribution in [2.75, 3.05) is 49.8 Å². The van der Waals surface area contributed by atoms with Crippen LogP contribution in [0.4, 0.5) is 0 Å². The summed E-state index contributed by atoms with van der Waals surface area (Å²) in [4.78, 5) is 29.5. The van der Waals surface area contributed by atoms with Gasteiger partial charge in [0.15, 0.2) is 11.6 Å². The third-order valence-corrected chi connectivity index (χ3v) is 10.4. The summed E-state index contributed by atoms with van der Waals surface area (Å²) < 4.78 is 40.0. The van der Waals surface area contributed by atoms with Gasteiger partial charge >= 0.3 is 0 Å². The summed E-state index contributed by atoms with van der Waals surface area (Å²) in [5.74, 6) is 0.719. The molecule has 10 heteroatoms. The molecule has 57 heavy (non-hydrogen) atoms. The van der Waals surface area contributed by atoms with E-state index in [1.54, 1.807) is 90.2 Å². The molecule has 1 aliphatic carbocycles. The summed E-state index contributed by atoms with van der Waals surface area (Å²) in [6.45, 7) is 5.95. The molecule has 0 bridgehead atoms. The van der Waals surface area contributed by atoms with Crippen molar-refractivity contribution >= 4 is 17.6 Å². The van der Waals surface area contributed by atoms with Crippen LogP contribution >= 0.6 is 0 Å². The van der Waals surface area contributed by atoms with Gasteiger partial charge < -0.3 is 38.3 Å². The van der Waals surface area contributed by atoms with Crippen LogP contribution in [0.3, 0.4) is 0 Å². The molecule has 5 rings (SSSR count). The Balaban J connectivity index is 1.74. The lowest BCUT2D eigenvalue weighted by Gasteiger charge is -2.38. The van der Waals surface area contributed by atoms with Gasteiger partial charge in [-0.05, 0) is 93.8 Å². The van der Waals surface area contributed by atoms with Gasteiger partial charge in [-0.1, -0.05) is 29.4 Å². The molecule has 4 aromatic rings. The van der Waals surface area contributed by atoms with Crippen LogP contribution in [0.2, 0.25) is 0 Å². The number of aromatic hydroxyl groups is 1. The Morgan fingerprint density at radius 3 is 1.95 bits per heavy atom. The summed E-state index contributed by atoms with van der Waals surface area (Å²) in [6, 6.07) is 17.6. The molecule has 10 nitrogen and oxygen atoms in total. The van der Waals surface area contributed by atoms with Gasteiger partial charge in [0.2, 0.25) is 0 Å². The number of phenols is 1. The van der Waals surface area contributed by atoms with Crippen molar-refractivity contribution in [1.29, 1.82) is 0 Å². The predicted octanol–water partition coefficient (Wildman–Crippen LogP) is 9.57. The monoisotopic (exact) mass is 776 g/mol. The summed E-state index contributed by atoms with van der Waals surface area (Å²) in [5, 5.41) is 11.9. The zero-order valence-corrected chi connectivity index (χ0v) is 34.4. The molecule has 0 saturated heterocycles. The maximum atomic E-state index is 15.4. The number of hydrogen-bond donors (Lipinski definition) is 1. The Hall–Kier alpha value is -6.16. The number of ether oxygens (including phenoxy) is 7. The molecule has 0 amide bonds. The maximum Gasteiger partial charge on any atom is 0.189 e. The van der Waals surface area contributed by atoms with Crippen LogP contribution in [0.25, 0.3) is 6.08 Å². The van der Waals surface area contributed by atoms with E-state index < -0.39 is 17.8 Å². The molecule has 4 aromatic carbocycles. The van der Waals surface area contributed by atoms with Crippen molar-refractivity contribution < 1.29 is 47.9 Å². The average Bonchev–Trinajstić information content (AvgIpc) is 3.23. The number of allylic oxidation sites excluding steroid dienone is 5.